The first kappa shape index (κ1) is 17.4. The van der Waals surface area contributed by atoms with Crippen molar-refractivity contribution in [1.29, 1.82) is 0 Å². The van der Waals surface area contributed by atoms with Crippen LogP contribution in [0.3, 0.4) is 0 Å². The molecule has 0 saturated carbocycles. The average molecular weight is 299 g/mol. The number of methoxy groups -OCH3 is 1. The van der Waals surface area contributed by atoms with Crippen molar-refractivity contribution in [3.05, 3.63) is 10.6 Å². The van der Waals surface area contributed by atoms with E-state index in [9.17, 15) is 0 Å². The van der Waals surface area contributed by atoms with Gasteiger partial charge in [-0.2, -0.15) is 0 Å². The van der Waals surface area contributed by atoms with Crippen LogP contribution in [-0.4, -0.2) is 38.3 Å². The summed E-state index contributed by atoms with van der Waals surface area (Å²) < 4.78 is 5.23. The molecule has 0 aliphatic carbocycles. The first-order valence-electron chi connectivity index (χ1n) is 7.43. The Bertz CT molecular complexity index is 392. The molecule has 0 aliphatic heterocycles. The predicted octanol–water partition coefficient (Wildman–Crippen LogP) is 3.24. The summed E-state index contributed by atoms with van der Waals surface area (Å²) in [7, 11) is 3.84. The molecule has 20 heavy (non-hydrogen) atoms. The van der Waals surface area contributed by atoms with Crippen LogP contribution < -0.4 is 10.2 Å². The molecule has 116 valence electrons. The normalized spacial score (nSPS) is 12.9. The van der Waals surface area contributed by atoms with Crippen LogP contribution in [0.5, 0.6) is 0 Å². The number of hydrogen-bond donors (Lipinski definition) is 1. The summed E-state index contributed by atoms with van der Waals surface area (Å²) in [4.78, 5) is 8.41. The highest BCUT2D eigenvalue weighted by atomic mass is 32.1. The van der Waals surface area contributed by atoms with E-state index in [0.717, 1.165) is 31.2 Å². The summed E-state index contributed by atoms with van der Waals surface area (Å²) >= 11 is 1.80. The number of hydrogen-bond acceptors (Lipinski definition) is 5. The van der Waals surface area contributed by atoms with E-state index in [4.69, 9.17) is 9.72 Å². The monoisotopic (exact) mass is 299 g/mol. The molecule has 1 aromatic rings. The maximum absolute atomic E-state index is 5.23. The fraction of sp³-hybridized carbons (Fsp3) is 0.800. The van der Waals surface area contributed by atoms with Gasteiger partial charge in [0, 0.05) is 25.6 Å². The fourth-order valence-corrected chi connectivity index (χ4v) is 3.25. The molecule has 1 atom stereocenters. The molecule has 0 fully saturated rings. The van der Waals surface area contributed by atoms with Gasteiger partial charge in [0.15, 0.2) is 5.13 Å². The van der Waals surface area contributed by atoms with Crippen molar-refractivity contribution in [2.45, 2.75) is 52.6 Å². The number of ether oxygens (including phenoxy) is 1. The maximum Gasteiger partial charge on any atom is 0.185 e. The van der Waals surface area contributed by atoms with E-state index in [1.165, 1.54) is 10.6 Å². The van der Waals surface area contributed by atoms with E-state index in [1.54, 1.807) is 18.4 Å². The van der Waals surface area contributed by atoms with Gasteiger partial charge >= 0.3 is 0 Å². The van der Waals surface area contributed by atoms with Gasteiger partial charge in [0.1, 0.15) is 0 Å². The van der Waals surface area contributed by atoms with Crippen LogP contribution in [0.4, 0.5) is 5.13 Å². The van der Waals surface area contributed by atoms with Crippen molar-refractivity contribution in [1.82, 2.24) is 10.3 Å². The van der Waals surface area contributed by atoms with E-state index in [1.807, 2.05) is 0 Å². The highest BCUT2D eigenvalue weighted by Gasteiger charge is 2.19. The largest absolute Gasteiger partial charge is 0.383 e. The first-order valence-corrected chi connectivity index (χ1v) is 8.24. The summed E-state index contributed by atoms with van der Waals surface area (Å²) in [6, 6.07) is 0.336. The second kappa shape index (κ2) is 8.60. The number of aromatic nitrogens is 1. The van der Waals surface area contributed by atoms with Crippen molar-refractivity contribution < 1.29 is 4.74 Å². The molecule has 5 heteroatoms. The Morgan fingerprint density at radius 2 is 2.05 bits per heavy atom. The number of likely N-dealkylation sites (N-methyl/N-ethyl adjacent to an activating group) is 1. The summed E-state index contributed by atoms with van der Waals surface area (Å²) in [6.07, 6.45) is 1.16. The maximum atomic E-state index is 5.23. The van der Waals surface area contributed by atoms with Crippen molar-refractivity contribution in [2.24, 2.45) is 0 Å². The Morgan fingerprint density at radius 3 is 2.60 bits per heavy atom. The molecular formula is C15H29N3OS. The molecule has 0 aliphatic rings. The summed E-state index contributed by atoms with van der Waals surface area (Å²) in [6.45, 7) is 11.5. The Morgan fingerprint density at radius 1 is 1.35 bits per heavy atom. The minimum atomic E-state index is 0.336. The molecule has 1 rings (SSSR count). The van der Waals surface area contributed by atoms with Crippen molar-refractivity contribution >= 4 is 16.5 Å². The molecule has 0 radical (unpaired) electrons. The molecule has 0 spiro atoms. The topological polar surface area (TPSA) is 37.4 Å². The third-order valence-corrected chi connectivity index (χ3v) is 4.51. The highest BCUT2D eigenvalue weighted by molar-refractivity contribution is 7.15. The minimum Gasteiger partial charge on any atom is -0.383 e. The van der Waals surface area contributed by atoms with E-state index < -0.39 is 0 Å². The van der Waals surface area contributed by atoms with Crippen LogP contribution in [0.25, 0.3) is 0 Å². The van der Waals surface area contributed by atoms with Gasteiger partial charge < -0.3 is 15.0 Å². The molecule has 1 aromatic heterocycles. The molecule has 1 heterocycles. The third kappa shape index (κ3) is 4.72. The smallest absolute Gasteiger partial charge is 0.185 e. The van der Waals surface area contributed by atoms with E-state index in [2.05, 4.69) is 45.0 Å². The Hall–Kier alpha value is -0.650. The van der Waals surface area contributed by atoms with Crippen LogP contribution in [-0.2, 0) is 11.3 Å². The van der Waals surface area contributed by atoms with Gasteiger partial charge in [0.2, 0.25) is 0 Å². The second-order valence-corrected chi connectivity index (χ2v) is 6.61. The lowest BCUT2D eigenvalue weighted by molar-refractivity contribution is 0.183. The Kier molecular flexibility index (Phi) is 7.48. The van der Waals surface area contributed by atoms with Crippen molar-refractivity contribution in [3.8, 4) is 0 Å². The van der Waals surface area contributed by atoms with Crippen molar-refractivity contribution in [3.63, 3.8) is 0 Å². The van der Waals surface area contributed by atoms with Crippen LogP contribution in [0, 0.1) is 0 Å². The predicted molar refractivity (Wildman–Crippen MR) is 87.9 cm³/mol. The van der Waals surface area contributed by atoms with Gasteiger partial charge in [0.05, 0.1) is 18.3 Å². The molecule has 0 aromatic carbocycles. The van der Waals surface area contributed by atoms with Crippen molar-refractivity contribution in [2.75, 3.05) is 32.2 Å². The molecule has 1 unspecified atom stereocenters. The van der Waals surface area contributed by atoms with E-state index >= 15 is 0 Å². The SMILES string of the molecule is CCCNCc1sc(N(C)C(C)COC)nc1C(C)C. The average Bonchev–Trinajstić information content (AvgIpc) is 2.83. The number of nitrogens with zero attached hydrogens (tertiary/aromatic N) is 2. The van der Waals surface area contributed by atoms with Gasteiger partial charge in [0.25, 0.3) is 0 Å². The lowest BCUT2D eigenvalue weighted by atomic mass is 10.1. The van der Waals surface area contributed by atoms with Gasteiger partial charge in [-0.3, -0.25) is 0 Å². The Labute approximate surface area is 127 Å². The zero-order chi connectivity index (χ0) is 15.1. The van der Waals surface area contributed by atoms with Crippen LogP contribution in [0.1, 0.15) is 50.6 Å². The quantitative estimate of drug-likeness (QED) is 0.710. The molecule has 0 amide bonds. The number of anilines is 1. The zero-order valence-electron chi connectivity index (χ0n) is 13.7. The highest BCUT2D eigenvalue weighted by Crippen LogP contribution is 2.31. The molecule has 0 saturated heterocycles. The lowest BCUT2D eigenvalue weighted by Gasteiger charge is -2.23. The molecule has 1 N–H and O–H groups in total. The van der Waals surface area contributed by atoms with Gasteiger partial charge in [-0.05, 0) is 25.8 Å². The lowest BCUT2D eigenvalue weighted by Crippen LogP contribution is -2.32. The minimum absolute atomic E-state index is 0.336. The van der Waals surface area contributed by atoms with Gasteiger partial charge in [-0.15, -0.1) is 11.3 Å². The Balaban J connectivity index is 2.84. The van der Waals surface area contributed by atoms with Gasteiger partial charge in [-0.25, -0.2) is 4.98 Å². The third-order valence-electron chi connectivity index (χ3n) is 3.35. The fourth-order valence-electron chi connectivity index (χ4n) is 2.00. The first-order chi connectivity index (χ1) is 9.51. The number of rotatable bonds is 9. The van der Waals surface area contributed by atoms with E-state index in [-0.39, 0.29) is 0 Å². The summed E-state index contributed by atoms with van der Waals surface area (Å²) in [5, 5.41) is 4.57. The molecule has 4 nitrogen and oxygen atoms in total. The molecular weight excluding hydrogens is 270 g/mol. The van der Waals surface area contributed by atoms with Crippen LogP contribution in [0.2, 0.25) is 0 Å². The van der Waals surface area contributed by atoms with Gasteiger partial charge in [-0.1, -0.05) is 20.8 Å². The summed E-state index contributed by atoms with van der Waals surface area (Å²) in [5.41, 5.74) is 1.23. The standard InChI is InChI=1S/C15H29N3OS/c1-7-8-16-9-13-14(11(2)3)17-15(20-13)18(5)12(4)10-19-6/h11-12,16H,7-10H2,1-6H3. The number of nitrogens with one attached hydrogen (secondary N) is 1. The zero-order valence-corrected chi connectivity index (χ0v) is 14.5. The van der Waals surface area contributed by atoms with E-state index in [0.29, 0.717) is 12.0 Å². The number of thiazole rings is 1. The van der Waals surface area contributed by atoms with Crippen LogP contribution in [0.15, 0.2) is 0 Å². The second-order valence-electron chi connectivity index (χ2n) is 5.55. The molecule has 0 bridgehead atoms. The summed E-state index contributed by atoms with van der Waals surface area (Å²) in [5.74, 6) is 0.463. The van der Waals surface area contributed by atoms with Crippen LogP contribution >= 0.6 is 11.3 Å².